The van der Waals surface area contributed by atoms with Crippen molar-refractivity contribution < 1.29 is 4.74 Å². The molecule has 1 aromatic rings. The Morgan fingerprint density at radius 1 is 1.39 bits per heavy atom. The Bertz CT molecular complexity index is 506. The summed E-state index contributed by atoms with van der Waals surface area (Å²) in [5.41, 5.74) is 2.29. The molecule has 0 radical (unpaired) electrons. The fourth-order valence-corrected chi connectivity index (χ4v) is 4.41. The lowest BCUT2D eigenvalue weighted by Gasteiger charge is -2.28. The summed E-state index contributed by atoms with van der Waals surface area (Å²) >= 11 is 7.34. The van der Waals surface area contributed by atoms with Crippen LogP contribution in [0.5, 0.6) is 0 Å². The van der Waals surface area contributed by atoms with Gasteiger partial charge >= 0.3 is 0 Å². The van der Waals surface area contributed by atoms with Gasteiger partial charge in [-0.1, -0.05) is 12.2 Å². The van der Waals surface area contributed by atoms with Crippen LogP contribution in [0.15, 0.2) is 0 Å². The van der Waals surface area contributed by atoms with Crippen LogP contribution < -0.4 is 0 Å². The van der Waals surface area contributed by atoms with E-state index in [1.165, 1.54) is 24.1 Å². The molecule has 3 nitrogen and oxygen atoms in total. The summed E-state index contributed by atoms with van der Waals surface area (Å²) in [6.07, 6.45) is 4.55. The molecule has 0 atom stereocenters. The first-order valence-electron chi connectivity index (χ1n) is 6.59. The maximum atomic E-state index is 6.04. The molecular formula is C13H18N2OS2. The van der Waals surface area contributed by atoms with Crippen LogP contribution in [0.3, 0.4) is 0 Å². The Morgan fingerprint density at radius 3 is 2.89 bits per heavy atom. The van der Waals surface area contributed by atoms with E-state index in [9.17, 15) is 0 Å². The summed E-state index contributed by atoms with van der Waals surface area (Å²) < 4.78 is 6.82. The van der Waals surface area contributed by atoms with Crippen LogP contribution in [0.1, 0.15) is 49.7 Å². The Kier molecular flexibility index (Phi) is 3.47. The summed E-state index contributed by atoms with van der Waals surface area (Å²) in [5.74, 6) is 2.99. The van der Waals surface area contributed by atoms with E-state index in [0.29, 0.717) is 0 Å². The van der Waals surface area contributed by atoms with Gasteiger partial charge in [-0.05, 0) is 32.6 Å². The van der Waals surface area contributed by atoms with Crippen molar-refractivity contribution in [3.05, 3.63) is 21.7 Å². The minimum atomic E-state index is -0.204. The summed E-state index contributed by atoms with van der Waals surface area (Å²) in [6, 6.07) is 0. The molecule has 0 bridgehead atoms. The van der Waals surface area contributed by atoms with Crippen LogP contribution in [0.2, 0.25) is 0 Å². The van der Waals surface area contributed by atoms with Gasteiger partial charge in [0.05, 0.1) is 0 Å². The van der Waals surface area contributed by atoms with Crippen LogP contribution >= 0.6 is 24.0 Å². The zero-order valence-electron chi connectivity index (χ0n) is 10.6. The first kappa shape index (κ1) is 12.6. The third-order valence-corrected chi connectivity index (χ3v) is 5.18. The molecule has 1 N–H and O–H groups in total. The molecule has 0 unspecified atom stereocenters. The second kappa shape index (κ2) is 4.94. The predicted octanol–water partition coefficient (Wildman–Crippen LogP) is 3.69. The second-order valence-corrected chi connectivity index (χ2v) is 6.35. The number of hydrogen-bond acceptors (Lipinski definition) is 4. The molecule has 18 heavy (non-hydrogen) atoms. The van der Waals surface area contributed by atoms with E-state index >= 15 is 0 Å². The topological polar surface area (TPSA) is 37.9 Å². The van der Waals surface area contributed by atoms with Gasteiger partial charge in [0.25, 0.3) is 0 Å². The lowest BCUT2D eigenvalue weighted by molar-refractivity contribution is -0.0459. The zero-order valence-corrected chi connectivity index (χ0v) is 12.3. The van der Waals surface area contributed by atoms with E-state index in [2.05, 4.69) is 16.9 Å². The van der Waals surface area contributed by atoms with E-state index in [-0.39, 0.29) is 5.60 Å². The Labute approximate surface area is 117 Å². The smallest absolute Gasteiger partial charge is 0.140 e. The van der Waals surface area contributed by atoms with Crippen molar-refractivity contribution in [1.82, 2.24) is 9.97 Å². The van der Waals surface area contributed by atoms with Crippen molar-refractivity contribution in [3.8, 4) is 0 Å². The monoisotopic (exact) mass is 282 g/mol. The highest BCUT2D eigenvalue weighted by atomic mass is 32.2. The minimum absolute atomic E-state index is 0.204. The number of rotatable bonds is 3. The van der Waals surface area contributed by atoms with Gasteiger partial charge in [-0.15, -0.1) is 0 Å². The van der Waals surface area contributed by atoms with Crippen molar-refractivity contribution in [3.63, 3.8) is 0 Å². The van der Waals surface area contributed by atoms with Gasteiger partial charge in [0.1, 0.15) is 16.1 Å². The summed E-state index contributed by atoms with van der Waals surface area (Å²) in [7, 11) is 0. The first-order chi connectivity index (χ1) is 8.75. The average molecular weight is 282 g/mol. The number of H-pyrrole nitrogens is 1. The maximum Gasteiger partial charge on any atom is 0.140 e. The van der Waals surface area contributed by atoms with Gasteiger partial charge in [0.2, 0.25) is 0 Å². The van der Waals surface area contributed by atoms with Crippen molar-refractivity contribution in [2.24, 2.45) is 0 Å². The van der Waals surface area contributed by atoms with Gasteiger partial charge in [0, 0.05) is 29.4 Å². The molecule has 0 amide bonds. The lowest BCUT2D eigenvalue weighted by Crippen LogP contribution is -2.29. The molecule has 0 saturated heterocycles. The van der Waals surface area contributed by atoms with E-state index < -0.39 is 0 Å². The summed E-state index contributed by atoms with van der Waals surface area (Å²) in [6.45, 7) is 2.78. The molecule has 2 heterocycles. The quantitative estimate of drug-likeness (QED) is 0.858. The molecular weight excluding hydrogens is 264 g/mol. The van der Waals surface area contributed by atoms with E-state index in [4.69, 9.17) is 17.0 Å². The molecule has 1 aliphatic carbocycles. The number of aromatic amines is 1. The van der Waals surface area contributed by atoms with E-state index in [1.807, 2.05) is 11.8 Å². The number of thioether (sulfide) groups is 1. The highest BCUT2D eigenvalue weighted by Crippen LogP contribution is 2.41. The largest absolute Gasteiger partial charge is 0.367 e. The SMILES string of the molecule is CCOC1(c2nc(=S)c3c([nH]2)CSC3)CCCC1. The second-order valence-electron chi connectivity index (χ2n) is 4.97. The van der Waals surface area contributed by atoms with Crippen LogP contribution in [0.25, 0.3) is 0 Å². The van der Waals surface area contributed by atoms with Crippen molar-refractivity contribution in [2.45, 2.75) is 49.7 Å². The standard InChI is InChI=1S/C13H18N2OS2/c1-2-16-13(5-3-4-6-13)12-14-10-8-18-7-9(10)11(17)15-12/h2-8H2,1H3,(H,14,15,17). The highest BCUT2D eigenvalue weighted by Gasteiger charge is 2.39. The average Bonchev–Trinajstić information content (AvgIpc) is 2.98. The molecule has 0 aromatic carbocycles. The van der Waals surface area contributed by atoms with E-state index in [1.54, 1.807) is 0 Å². The fraction of sp³-hybridized carbons (Fsp3) is 0.692. The minimum Gasteiger partial charge on any atom is -0.367 e. The highest BCUT2D eigenvalue weighted by molar-refractivity contribution is 7.98. The normalized spacial score (nSPS) is 21.2. The van der Waals surface area contributed by atoms with Gasteiger partial charge in [-0.2, -0.15) is 11.8 Å². The fourth-order valence-electron chi connectivity index (χ4n) is 2.96. The van der Waals surface area contributed by atoms with Crippen molar-refractivity contribution in [1.29, 1.82) is 0 Å². The molecule has 0 spiro atoms. The van der Waals surface area contributed by atoms with Gasteiger partial charge in [0.15, 0.2) is 0 Å². The van der Waals surface area contributed by atoms with Crippen LogP contribution in [-0.2, 0) is 21.8 Å². The van der Waals surface area contributed by atoms with Crippen LogP contribution in [0.4, 0.5) is 0 Å². The van der Waals surface area contributed by atoms with Gasteiger partial charge in [-0.3, -0.25) is 0 Å². The number of nitrogens with zero attached hydrogens (tertiary/aromatic N) is 1. The third kappa shape index (κ3) is 2.02. The molecule has 5 heteroatoms. The molecule has 1 aliphatic heterocycles. The number of nitrogens with one attached hydrogen (secondary N) is 1. The summed E-state index contributed by atoms with van der Waals surface area (Å²) in [5, 5.41) is 0. The number of aromatic nitrogens is 2. The van der Waals surface area contributed by atoms with Crippen molar-refractivity contribution in [2.75, 3.05) is 6.61 Å². The summed E-state index contributed by atoms with van der Waals surface area (Å²) in [4.78, 5) is 8.15. The first-order valence-corrected chi connectivity index (χ1v) is 8.16. The van der Waals surface area contributed by atoms with Gasteiger partial charge in [-0.25, -0.2) is 4.98 Å². The molecule has 1 fully saturated rings. The Hall–Kier alpha value is -0.390. The third-order valence-electron chi connectivity index (χ3n) is 3.86. The molecule has 98 valence electrons. The number of fused-ring (bicyclic) bond motifs is 1. The van der Waals surface area contributed by atoms with Crippen LogP contribution in [-0.4, -0.2) is 16.6 Å². The molecule has 1 aromatic heterocycles. The zero-order chi connectivity index (χ0) is 12.6. The maximum absolute atomic E-state index is 6.04. The van der Waals surface area contributed by atoms with Crippen LogP contribution in [0, 0.1) is 4.64 Å². The Balaban J connectivity index is 2.05. The van der Waals surface area contributed by atoms with Gasteiger partial charge < -0.3 is 9.72 Å². The molecule has 1 saturated carbocycles. The molecule has 3 rings (SSSR count). The van der Waals surface area contributed by atoms with E-state index in [0.717, 1.165) is 41.4 Å². The predicted molar refractivity (Wildman–Crippen MR) is 76.2 cm³/mol. The Morgan fingerprint density at radius 2 is 2.17 bits per heavy atom. The number of ether oxygens (including phenoxy) is 1. The number of hydrogen-bond donors (Lipinski definition) is 1. The van der Waals surface area contributed by atoms with Crippen molar-refractivity contribution >= 4 is 24.0 Å². The molecule has 2 aliphatic rings. The lowest BCUT2D eigenvalue weighted by atomic mass is 10.0.